The monoisotopic (exact) mass is 283 g/mol. The molecule has 4 heteroatoms. The molecular formula is C15H22ClNO2. The number of benzene rings is 1. The Morgan fingerprint density at radius 1 is 1.37 bits per heavy atom. The molecule has 0 aromatic heterocycles. The van der Waals surface area contributed by atoms with Gasteiger partial charge in [0.15, 0.2) is 0 Å². The van der Waals surface area contributed by atoms with Crippen LogP contribution in [0.25, 0.3) is 0 Å². The number of ether oxygens (including phenoxy) is 2. The summed E-state index contributed by atoms with van der Waals surface area (Å²) in [7, 11) is 0. The third-order valence-corrected chi connectivity index (χ3v) is 3.45. The molecule has 0 bridgehead atoms. The highest BCUT2D eigenvalue weighted by atomic mass is 35.5. The van der Waals surface area contributed by atoms with E-state index in [-0.39, 0.29) is 0 Å². The van der Waals surface area contributed by atoms with Crippen LogP contribution >= 0.6 is 11.6 Å². The molecule has 0 aliphatic carbocycles. The van der Waals surface area contributed by atoms with Crippen LogP contribution in [0.2, 0.25) is 5.02 Å². The Morgan fingerprint density at radius 2 is 2.26 bits per heavy atom. The first-order valence-electron chi connectivity index (χ1n) is 7.06. The molecule has 3 nitrogen and oxygen atoms in total. The third kappa shape index (κ3) is 4.59. The quantitative estimate of drug-likeness (QED) is 0.882. The second kappa shape index (κ2) is 7.61. The largest absolute Gasteiger partial charge is 0.491 e. The fourth-order valence-electron chi connectivity index (χ4n) is 2.22. The summed E-state index contributed by atoms with van der Waals surface area (Å²) in [6.45, 7) is 4.52. The van der Waals surface area contributed by atoms with Gasteiger partial charge in [0.1, 0.15) is 5.75 Å². The highest BCUT2D eigenvalue weighted by molar-refractivity contribution is 6.30. The van der Waals surface area contributed by atoms with Crippen LogP contribution in [-0.2, 0) is 4.74 Å². The average molecular weight is 284 g/mol. The zero-order valence-corrected chi connectivity index (χ0v) is 12.2. The molecule has 0 amide bonds. The van der Waals surface area contributed by atoms with Crippen LogP contribution in [0.5, 0.6) is 5.75 Å². The number of nitrogens with one attached hydrogen (secondary N) is 1. The highest BCUT2D eigenvalue weighted by Gasteiger charge is 2.14. The van der Waals surface area contributed by atoms with Crippen LogP contribution in [0.3, 0.4) is 0 Å². The lowest BCUT2D eigenvalue weighted by atomic mass is 10.1. The van der Waals surface area contributed by atoms with Crippen molar-refractivity contribution in [2.24, 2.45) is 0 Å². The van der Waals surface area contributed by atoms with Crippen molar-refractivity contribution < 1.29 is 9.47 Å². The maximum atomic E-state index is 6.08. The van der Waals surface area contributed by atoms with E-state index < -0.39 is 0 Å². The lowest BCUT2D eigenvalue weighted by Gasteiger charge is -2.20. The predicted molar refractivity (Wildman–Crippen MR) is 79.3 cm³/mol. The van der Waals surface area contributed by atoms with Gasteiger partial charge in [0, 0.05) is 24.3 Å². The van der Waals surface area contributed by atoms with Crippen molar-refractivity contribution >= 4 is 17.3 Å². The standard InChI is InChI=1S/C15H22ClNO2/c1-2-8-19-15-6-5-12(16)11-14(15)17-13-4-3-9-18-10-7-13/h5-6,11,13,17H,2-4,7-10H2,1H3. The molecule has 2 rings (SSSR count). The van der Waals surface area contributed by atoms with Gasteiger partial charge in [0.05, 0.1) is 12.3 Å². The molecular weight excluding hydrogens is 262 g/mol. The Kier molecular flexibility index (Phi) is 5.80. The number of hydrogen-bond acceptors (Lipinski definition) is 3. The molecule has 19 heavy (non-hydrogen) atoms. The molecule has 1 aliphatic heterocycles. The fourth-order valence-corrected chi connectivity index (χ4v) is 2.39. The molecule has 0 saturated carbocycles. The van der Waals surface area contributed by atoms with Gasteiger partial charge < -0.3 is 14.8 Å². The minimum absolute atomic E-state index is 0.435. The molecule has 1 aromatic rings. The van der Waals surface area contributed by atoms with Crippen molar-refractivity contribution in [1.82, 2.24) is 0 Å². The van der Waals surface area contributed by atoms with E-state index in [1.54, 1.807) is 0 Å². The van der Waals surface area contributed by atoms with Crippen LogP contribution < -0.4 is 10.1 Å². The summed E-state index contributed by atoms with van der Waals surface area (Å²) in [5.74, 6) is 0.886. The van der Waals surface area contributed by atoms with Gasteiger partial charge in [-0.05, 0) is 43.9 Å². The Balaban J connectivity index is 2.05. The third-order valence-electron chi connectivity index (χ3n) is 3.21. The van der Waals surface area contributed by atoms with Gasteiger partial charge in [-0.15, -0.1) is 0 Å². The normalized spacial score (nSPS) is 19.8. The van der Waals surface area contributed by atoms with E-state index in [1.807, 2.05) is 18.2 Å². The van der Waals surface area contributed by atoms with E-state index in [0.29, 0.717) is 6.04 Å². The zero-order valence-electron chi connectivity index (χ0n) is 11.5. The van der Waals surface area contributed by atoms with Crippen LogP contribution in [0, 0.1) is 0 Å². The van der Waals surface area contributed by atoms with Gasteiger partial charge in [0.25, 0.3) is 0 Å². The molecule has 1 N–H and O–H groups in total. The number of halogens is 1. The lowest BCUT2D eigenvalue weighted by Crippen LogP contribution is -2.20. The minimum Gasteiger partial charge on any atom is -0.491 e. The maximum Gasteiger partial charge on any atom is 0.142 e. The summed E-state index contributed by atoms with van der Waals surface area (Å²) >= 11 is 6.08. The summed E-state index contributed by atoms with van der Waals surface area (Å²) in [5, 5.41) is 4.28. The summed E-state index contributed by atoms with van der Waals surface area (Å²) in [4.78, 5) is 0. The van der Waals surface area contributed by atoms with E-state index in [0.717, 1.165) is 62.0 Å². The topological polar surface area (TPSA) is 30.5 Å². The van der Waals surface area contributed by atoms with E-state index in [2.05, 4.69) is 12.2 Å². The van der Waals surface area contributed by atoms with Gasteiger partial charge in [-0.2, -0.15) is 0 Å². The van der Waals surface area contributed by atoms with Crippen molar-refractivity contribution in [1.29, 1.82) is 0 Å². The van der Waals surface area contributed by atoms with Crippen molar-refractivity contribution in [3.8, 4) is 5.75 Å². The Hall–Kier alpha value is -0.930. The first-order chi connectivity index (χ1) is 9.29. The van der Waals surface area contributed by atoms with Crippen molar-refractivity contribution in [2.45, 2.75) is 38.6 Å². The summed E-state index contributed by atoms with van der Waals surface area (Å²) in [6.07, 6.45) is 4.25. The van der Waals surface area contributed by atoms with Crippen LogP contribution in [-0.4, -0.2) is 25.9 Å². The molecule has 1 aliphatic rings. The summed E-state index contributed by atoms with van der Waals surface area (Å²) < 4.78 is 11.2. The summed E-state index contributed by atoms with van der Waals surface area (Å²) in [6, 6.07) is 6.18. The summed E-state index contributed by atoms with van der Waals surface area (Å²) in [5.41, 5.74) is 0.993. The first kappa shape index (κ1) is 14.5. The van der Waals surface area contributed by atoms with E-state index in [4.69, 9.17) is 21.1 Å². The van der Waals surface area contributed by atoms with Gasteiger partial charge in [0.2, 0.25) is 0 Å². The van der Waals surface area contributed by atoms with E-state index in [1.165, 1.54) is 0 Å². The molecule has 106 valence electrons. The molecule has 1 unspecified atom stereocenters. The second-order valence-electron chi connectivity index (χ2n) is 4.87. The Morgan fingerprint density at radius 3 is 3.11 bits per heavy atom. The van der Waals surface area contributed by atoms with Crippen molar-refractivity contribution in [2.75, 3.05) is 25.1 Å². The number of rotatable bonds is 5. The van der Waals surface area contributed by atoms with Crippen LogP contribution in [0.4, 0.5) is 5.69 Å². The van der Waals surface area contributed by atoms with Gasteiger partial charge in [-0.3, -0.25) is 0 Å². The van der Waals surface area contributed by atoms with Crippen molar-refractivity contribution in [3.05, 3.63) is 23.2 Å². The average Bonchev–Trinajstić information content (AvgIpc) is 2.66. The Labute approximate surface area is 120 Å². The maximum absolute atomic E-state index is 6.08. The molecule has 1 saturated heterocycles. The smallest absolute Gasteiger partial charge is 0.142 e. The minimum atomic E-state index is 0.435. The molecule has 1 atom stereocenters. The van der Waals surface area contributed by atoms with Crippen LogP contribution in [0.15, 0.2) is 18.2 Å². The molecule has 1 heterocycles. The molecule has 1 fully saturated rings. The van der Waals surface area contributed by atoms with Gasteiger partial charge in [-0.25, -0.2) is 0 Å². The van der Waals surface area contributed by atoms with Crippen molar-refractivity contribution in [3.63, 3.8) is 0 Å². The van der Waals surface area contributed by atoms with Gasteiger partial charge in [-0.1, -0.05) is 18.5 Å². The first-order valence-corrected chi connectivity index (χ1v) is 7.44. The number of hydrogen-bond donors (Lipinski definition) is 1. The zero-order chi connectivity index (χ0) is 13.5. The fraction of sp³-hybridized carbons (Fsp3) is 0.600. The molecule has 0 radical (unpaired) electrons. The predicted octanol–water partition coefficient (Wildman–Crippen LogP) is 4.11. The second-order valence-corrected chi connectivity index (χ2v) is 5.31. The van der Waals surface area contributed by atoms with E-state index in [9.17, 15) is 0 Å². The number of anilines is 1. The lowest BCUT2D eigenvalue weighted by molar-refractivity contribution is 0.144. The SMILES string of the molecule is CCCOc1ccc(Cl)cc1NC1CCCOCC1. The Bertz CT molecular complexity index is 390. The van der Waals surface area contributed by atoms with Crippen LogP contribution in [0.1, 0.15) is 32.6 Å². The molecule has 0 spiro atoms. The van der Waals surface area contributed by atoms with E-state index >= 15 is 0 Å². The molecule has 1 aromatic carbocycles. The highest BCUT2D eigenvalue weighted by Crippen LogP contribution is 2.30. The van der Waals surface area contributed by atoms with Gasteiger partial charge >= 0.3 is 0 Å².